The number of piperidine rings is 1. The molecule has 5 nitrogen and oxygen atoms in total. The number of aliphatic carboxylic acids is 1. The summed E-state index contributed by atoms with van der Waals surface area (Å²) in [5.74, 6) is -1.15. The molecule has 1 heterocycles. The standard InChI is InChI=1S/C11H18N2O3/c14-10(12-9-1-2-9)7-13-5-3-8(4-6-13)11(15)16/h8-9H,1-7H2,(H,12,14)(H,15,16). The summed E-state index contributed by atoms with van der Waals surface area (Å²) in [4.78, 5) is 23.3. The van der Waals surface area contributed by atoms with E-state index in [1.165, 1.54) is 4.90 Å². The Morgan fingerprint density at radius 2 is 1.81 bits per heavy atom. The Kier molecular flexibility index (Phi) is 3.43. The molecule has 0 spiro atoms. The molecule has 1 amide bonds. The zero-order chi connectivity index (χ0) is 11.5. The maximum Gasteiger partial charge on any atom is 0.275 e. The average Bonchev–Trinajstić information content (AvgIpc) is 3.02. The van der Waals surface area contributed by atoms with Crippen molar-refractivity contribution in [1.29, 1.82) is 0 Å². The lowest BCUT2D eigenvalue weighted by Gasteiger charge is -2.29. The summed E-state index contributed by atoms with van der Waals surface area (Å²) in [5, 5.41) is 13.6. The van der Waals surface area contributed by atoms with Crippen LogP contribution < -0.4 is 15.3 Å². The van der Waals surface area contributed by atoms with Crippen LogP contribution in [0.1, 0.15) is 25.7 Å². The number of nitrogens with one attached hydrogen (secondary N) is 2. The summed E-state index contributed by atoms with van der Waals surface area (Å²) in [6.45, 7) is 2.00. The molecule has 90 valence electrons. The van der Waals surface area contributed by atoms with E-state index >= 15 is 0 Å². The van der Waals surface area contributed by atoms with Crippen molar-refractivity contribution in [3.05, 3.63) is 0 Å². The van der Waals surface area contributed by atoms with Crippen LogP contribution in [0.15, 0.2) is 0 Å². The van der Waals surface area contributed by atoms with Gasteiger partial charge in [-0.3, -0.25) is 4.79 Å². The fourth-order valence-corrected chi connectivity index (χ4v) is 2.17. The van der Waals surface area contributed by atoms with Gasteiger partial charge in [-0.1, -0.05) is 0 Å². The van der Waals surface area contributed by atoms with Gasteiger partial charge in [0.15, 0.2) is 6.54 Å². The average molecular weight is 226 g/mol. The molecule has 1 saturated heterocycles. The molecule has 2 rings (SSSR count). The van der Waals surface area contributed by atoms with E-state index in [4.69, 9.17) is 0 Å². The van der Waals surface area contributed by atoms with Crippen LogP contribution in [0, 0.1) is 5.92 Å². The highest BCUT2D eigenvalue weighted by molar-refractivity contribution is 5.77. The number of hydrogen-bond donors (Lipinski definition) is 2. The van der Waals surface area contributed by atoms with Crippen LogP contribution in [0.4, 0.5) is 0 Å². The number of carboxylic acids is 1. The van der Waals surface area contributed by atoms with Gasteiger partial charge in [0.1, 0.15) is 0 Å². The number of carboxylic acid groups (broad SMARTS) is 1. The normalized spacial score (nSPS) is 29.8. The van der Waals surface area contributed by atoms with Gasteiger partial charge in [0, 0.05) is 30.8 Å². The molecule has 0 aromatic rings. The monoisotopic (exact) mass is 226 g/mol. The smallest absolute Gasteiger partial charge is 0.275 e. The van der Waals surface area contributed by atoms with Gasteiger partial charge in [-0.05, 0) is 12.8 Å². The summed E-state index contributed by atoms with van der Waals surface area (Å²) < 4.78 is 0. The van der Waals surface area contributed by atoms with Crippen LogP contribution in [0.5, 0.6) is 0 Å². The van der Waals surface area contributed by atoms with Crippen molar-refractivity contribution >= 4 is 11.9 Å². The van der Waals surface area contributed by atoms with E-state index in [1.807, 2.05) is 0 Å². The molecule has 2 N–H and O–H groups in total. The molecule has 1 aliphatic carbocycles. The lowest BCUT2D eigenvalue weighted by atomic mass is 9.97. The Hall–Kier alpha value is -1.10. The van der Waals surface area contributed by atoms with Gasteiger partial charge in [-0.25, -0.2) is 0 Å². The molecule has 1 aliphatic heterocycles. The van der Waals surface area contributed by atoms with Crippen LogP contribution in [0.2, 0.25) is 0 Å². The van der Waals surface area contributed by atoms with Crippen molar-refractivity contribution in [2.75, 3.05) is 19.6 Å². The third kappa shape index (κ3) is 3.20. The SMILES string of the molecule is O=C(C[NH+]1CCC(C(=O)[O-])CC1)NC1CC1. The second-order valence-electron chi connectivity index (χ2n) is 4.86. The summed E-state index contributed by atoms with van der Waals surface area (Å²) >= 11 is 0. The summed E-state index contributed by atoms with van der Waals surface area (Å²) in [7, 11) is 0. The van der Waals surface area contributed by atoms with Crippen molar-refractivity contribution in [2.45, 2.75) is 31.7 Å². The lowest BCUT2D eigenvalue weighted by Crippen LogP contribution is -3.14. The number of hydrogen-bond acceptors (Lipinski definition) is 3. The number of rotatable bonds is 4. The van der Waals surface area contributed by atoms with E-state index in [0.29, 0.717) is 25.4 Å². The minimum atomic E-state index is -0.943. The molecule has 0 atom stereocenters. The van der Waals surface area contributed by atoms with Crippen LogP contribution in [0.3, 0.4) is 0 Å². The first-order valence-electron chi connectivity index (χ1n) is 5.99. The van der Waals surface area contributed by atoms with Crippen LogP contribution in [-0.4, -0.2) is 37.6 Å². The van der Waals surface area contributed by atoms with Gasteiger partial charge < -0.3 is 20.1 Å². The number of carbonyl (C=O) groups excluding carboxylic acids is 2. The van der Waals surface area contributed by atoms with Crippen LogP contribution in [0.25, 0.3) is 0 Å². The molecule has 5 heteroatoms. The van der Waals surface area contributed by atoms with Crippen LogP contribution in [-0.2, 0) is 9.59 Å². The van der Waals surface area contributed by atoms with E-state index in [9.17, 15) is 14.7 Å². The Balaban J connectivity index is 1.67. The second-order valence-corrected chi connectivity index (χ2v) is 4.86. The molecule has 2 fully saturated rings. The van der Waals surface area contributed by atoms with E-state index in [1.54, 1.807) is 0 Å². The van der Waals surface area contributed by atoms with Gasteiger partial charge in [0.2, 0.25) is 0 Å². The Labute approximate surface area is 94.8 Å². The highest BCUT2D eigenvalue weighted by Crippen LogP contribution is 2.18. The molecule has 1 saturated carbocycles. The number of likely N-dealkylation sites (tertiary alicyclic amines) is 1. The number of quaternary nitrogens is 1. The molecular formula is C11H18N2O3. The Bertz CT molecular complexity index is 281. The fourth-order valence-electron chi connectivity index (χ4n) is 2.17. The van der Waals surface area contributed by atoms with Crippen molar-refractivity contribution in [1.82, 2.24) is 5.32 Å². The zero-order valence-electron chi connectivity index (χ0n) is 9.33. The molecule has 0 radical (unpaired) electrons. The Morgan fingerprint density at radius 3 is 2.31 bits per heavy atom. The summed E-state index contributed by atoms with van der Waals surface area (Å²) in [6.07, 6.45) is 3.48. The molecule has 0 bridgehead atoms. The second kappa shape index (κ2) is 4.82. The topological polar surface area (TPSA) is 73.7 Å². The molecule has 0 unspecified atom stereocenters. The van der Waals surface area contributed by atoms with E-state index in [2.05, 4.69) is 5.32 Å². The minimum absolute atomic E-state index is 0.101. The predicted octanol–water partition coefficient (Wildman–Crippen LogP) is -2.69. The zero-order valence-corrected chi connectivity index (χ0v) is 9.33. The first-order valence-corrected chi connectivity index (χ1v) is 5.99. The molecule has 0 aromatic heterocycles. The highest BCUT2D eigenvalue weighted by atomic mass is 16.4. The van der Waals surface area contributed by atoms with Gasteiger partial charge in [-0.2, -0.15) is 0 Å². The largest absolute Gasteiger partial charge is 0.550 e. The quantitative estimate of drug-likeness (QED) is 0.548. The summed E-state index contributed by atoms with van der Waals surface area (Å²) in [6, 6.07) is 0.410. The van der Waals surface area contributed by atoms with E-state index < -0.39 is 5.97 Å². The first kappa shape index (κ1) is 11.4. The van der Waals surface area contributed by atoms with Gasteiger partial charge in [0.25, 0.3) is 5.91 Å². The molecule has 16 heavy (non-hydrogen) atoms. The molecule has 0 aromatic carbocycles. The lowest BCUT2D eigenvalue weighted by molar-refractivity contribution is -0.897. The third-order valence-electron chi connectivity index (χ3n) is 3.38. The third-order valence-corrected chi connectivity index (χ3v) is 3.38. The summed E-state index contributed by atoms with van der Waals surface area (Å²) in [5.41, 5.74) is 0. The van der Waals surface area contributed by atoms with Crippen molar-refractivity contribution < 1.29 is 19.6 Å². The molecular weight excluding hydrogens is 208 g/mol. The van der Waals surface area contributed by atoms with Gasteiger partial charge in [0.05, 0.1) is 13.1 Å². The highest BCUT2D eigenvalue weighted by Gasteiger charge is 2.27. The molecule has 2 aliphatic rings. The number of carbonyl (C=O) groups is 2. The van der Waals surface area contributed by atoms with Crippen LogP contribution >= 0.6 is 0 Å². The van der Waals surface area contributed by atoms with Gasteiger partial charge >= 0.3 is 0 Å². The van der Waals surface area contributed by atoms with E-state index in [0.717, 1.165) is 25.9 Å². The predicted molar refractivity (Wildman–Crippen MR) is 54.5 cm³/mol. The number of amides is 1. The Morgan fingerprint density at radius 1 is 1.19 bits per heavy atom. The first-order chi connectivity index (χ1) is 7.65. The van der Waals surface area contributed by atoms with Gasteiger partial charge in [-0.15, -0.1) is 0 Å². The van der Waals surface area contributed by atoms with Crippen molar-refractivity contribution in [3.8, 4) is 0 Å². The fraction of sp³-hybridized carbons (Fsp3) is 0.818. The van der Waals surface area contributed by atoms with Crippen molar-refractivity contribution in [2.24, 2.45) is 5.92 Å². The maximum absolute atomic E-state index is 11.5. The van der Waals surface area contributed by atoms with Crippen molar-refractivity contribution in [3.63, 3.8) is 0 Å². The minimum Gasteiger partial charge on any atom is -0.550 e. The maximum atomic E-state index is 11.5. The van der Waals surface area contributed by atoms with E-state index in [-0.39, 0.29) is 11.8 Å².